The first-order chi connectivity index (χ1) is 8.65. The van der Waals surface area contributed by atoms with Crippen molar-refractivity contribution in [2.45, 2.75) is 11.7 Å². The van der Waals surface area contributed by atoms with E-state index >= 15 is 0 Å². The fraction of sp³-hybridized carbons (Fsp3) is 0.500. The van der Waals surface area contributed by atoms with Crippen molar-refractivity contribution in [1.82, 2.24) is 0 Å². The maximum Gasteiger partial charge on any atom is 0.319 e. The van der Waals surface area contributed by atoms with Crippen molar-refractivity contribution < 1.29 is 24.2 Å². The van der Waals surface area contributed by atoms with Gasteiger partial charge in [0, 0.05) is 5.75 Å². The molecule has 1 unspecified atom stereocenters. The fourth-order valence-electron chi connectivity index (χ4n) is 1.00. The standard InChI is InChI=1S/C12H18O5S/c1-3-6-16-11(14)9-10(18-8-5-13)12(15)17-7-4-2/h3-4,10,13H,1-2,5-9H2. The average molecular weight is 274 g/mol. The third kappa shape index (κ3) is 7.92. The van der Waals surface area contributed by atoms with Crippen molar-refractivity contribution in [2.75, 3.05) is 25.6 Å². The quantitative estimate of drug-likeness (QED) is 0.472. The molecule has 0 saturated carbocycles. The summed E-state index contributed by atoms with van der Waals surface area (Å²) in [5.74, 6) is -0.660. The lowest BCUT2D eigenvalue weighted by atomic mass is 10.3. The van der Waals surface area contributed by atoms with Crippen LogP contribution in [0.2, 0.25) is 0 Å². The lowest BCUT2D eigenvalue weighted by Crippen LogP contribution is -2.25. The lowest BCUT2D eigenvalue weighted by Gasteiger charge is -2.13. The summed E-state index contributed by atoms with van der Waals surface area (Å²) < 4.78 is 9.66. The molecule has 0 saturated heterocycles. The molecule has 1 N–H and O–H groups in total. The number of esters is 2. The van der Waals surface area contributed by atoms with E-state index in [2.05, 4.69) is 13.2 Å². The fourth-order valence-corrected chi connectivity index (χ4v) is 1.85. The summed E-state index contributed by atoms with van der Waals surface area (Å²) in [4.78, 5) is 23.0. The van der Waals surface area contributed by atoms with E-state index in [1.54, 1.807) is 0 Å². The molecule has 18 heavy (non-hydrogen) atoms. The average Bonchev–Trinajstić information content (AvgIpc) is 2.38. The molecule has 6 heteroatoms. The summed E-state index contributed by atoms with van der Waals surface area (Å²) in [7, 11) is 0. The number of hydrogen-bond acceptors (Lipinski definition) is 6. The first kappa shape index (κ1) is 16.7. The Morgan fingerprint density at radius 3 is 2.39 bits per heavy atom. The molecule has 5 nitrogen and oxygen atoms in total. The number of rotatable bonds is 10. The van der Waals surface area contributed by atoms with Crippen LogP contribution >= 0.6 is 11.8 Å². The number of carbonyl (C=O) groups is 2. The summed E-state index contributed by atoms with van der Waals surface area (Å²) in [6.07, 6.45) is 2.81. The summed E-state index contributed by atoms with van der Waals surface area (Å²) >= 11 is 1.16. The predicted octanol–water partition coefficient (Wildman–Crippen LogP) is 0.929. The molecule has 0 fully saturated rings. The Kier molecular flexibility index (Phi) is 10.1. The van der Waals surface area contributed by atoms with E-state index in [9.17, 15) is 9.59 Å². The zero-order chi connectivity index (χ0) is 13.8. The SMILES string of the molecule is C=CCOC(=O)CC(SCCO)C(=O)OCC=C. The van der Waals surface area contributed by atoms with Gasteiger partial charge < -0.3 is 14.6 Å². The van der Waals surface area contributed by atoms with Crippen LogP contribution in [0.3, 0.4) is 0 Å². The van der Waals surface area contributed by atoms with Gasteiger partial charge in [-0.2, -0.15) is 0 Å². The minimum Gasteiger partial charge on any atom is -0.461 e. The van der Waals surface area contributed by atoms with Crippen LogP contribution in [-0.4, -0.2) is 47.9 Å². The molecular weight excluding hydrogens is 256 g/mol. The van der Waals surface area contributed by atoms with Gasteiger partial charge in [-0.1, -0.05) is 25.3 Å². The van der Waals surface area contributed by atoms with Crippen LogP contribution in [0.1, 0.15) is 6.42 Å². The Hall–Kier alpha value is -1.27. The third-order valence-electron chi connectivity index (χ3n) is 1.73. The highest BCUT2D eigenvalue weighted by atomic mass is 32.2. The van der Waals surface area contributed by atoms with E-state index in [4.69, 9.17) is 14.6 Å². The molecule has 0 amide bonds. The van der Waals surface area contributed by atoms with Gasteiger partial charge in [0.05, 0.1) is 13.0 Å². The monoisotopic (exact) mass is 274 g/mol. The Balaban J connectivity index is 4.27. The Bertz CT molecular complexity index is 290. The highest BCUT2D eigenvalue weighted by molar-refractivity contribution is 8.00. The smallest absolute Gasteiger partial charge is 0.319 e. The van der Waals surface area contributed by atoms with Crippen LogP contribution in [0.25, 0.3) is 0 Å². The number of thioether (sulfide) groups is 1. The Labute approximate surface area is 111 Å². The molecule has 0 heterocycles. The van der Waals surface area contributed by atoms with E-state index in [0.29, 0.717) is 5.75 Å². The molecule has 0 bridgehead atoms. The normalized spacial score (nSPS) is 11.4. The van der Waals surface area contributed by atoms with E-state index in [1.807, 2.05) is 0 Å². The van der Waals surface area contributed by atoms with E-state index < -0.39 is 17.2 Å². The Morgan fingerprint density at radius 1 is 1.22 bits per heavy atom. The van der Waals surface area contributed by atoms with Crippen LogP contribution < -0.4 is 0 Å². The minimum atomic E-state index is -0.672. The lowest BCUT2D eigenvalue weighted by molar-refractivity contribution is -0.148. The van der Waals surface area contributed by atoms with E-state index in [1.165, 1.54) is 12.2 Å². The van der Waals surface area contributed by atoms with Crippen molar-refractivity contribution in [3.63, 3.8) is 0 Å². The number of aliphatic hydroxyl groups excluding tert-OH is 1. The number of aliphatic hydroxyl groups is 1. The summed E-state index contributed by atoms with van der Waals surface area (Å²) in [5.41, 5.74) is 0. The zero-order valence-corrected chi connectivity index (χ0v) is 11.0. The maximum absolute atomic E-state index is 11.6. The number of carbonyl (C=O) groups excluding carboxylic acids is 2. The molecule has 102 valence electrons. The Morgan fingerprint density at radius 2 is 1.83 bits per heavy atom. The second kappa shape index (κ2) is 10.9. The first-order valence-corrected chi connectivity index (χ1v) is 6.47. The largest absolute Gasteiger partial charge is 0.461 e. The van der Waals surface area contributed by atoms with Gasteiger partial charge >= 0.3 is 11.9 Å². The van der Waals surface area contributed by atoms with Gasteiger partial charge in [-0.05, 0) is 0 Å². The van der Waals surface area contributed by atoms with Gasteiger partial charge in [0.25, 0.3) is 0 Å². The highest BCUT2D eigenvalue weighted by Gasteiger charge is 2.24. The highest BCUT2D eigenvalue weighted by Crippen LogP contribution is 2.17. The van der Waals surface area contributed by atoms with Crippen LogP contribution in [0, 0.1) is 0 Å². The summed E-state index contributed by atoms with van der Waals surface area (Å²) in [6.45, 7) is 6.98. The minimum absolute atomic E-state index is 0.0718. The molecule has 0 rings (SSSR count). The molecule has 1 atom stereocenters. The van der Waals surface area contributed by atoms with Gasteiger partial charge in [0.2, 0.25) is 0 Å². The molecule has 0 aromatic heterocycles. The van der Waals surface area contributed by atoms with Gasteiger partial charge in [0.15, 0.2) is 0 Å². The summed E-state index contributed by atoms with van der Waals surface area (Å²) in [5, 5.41) is 8.06. The molecule has 0 spiro atoms. The van der Waals surface area contributed by atoms with Gasteiger partial charge in [-0.15, -0.1) is 11.8 Å². The van der Waals surface area contributed by atoms with Crippen LogP contribution in [0.15, 0.2) is 25.3 Å². The van der Waals surface area contributed by atoms with Crippen LogP contribution in [0.5, 0.6) is 0 Å². The summed E-state index contributed by atoms with van der Waals surface area (Å²) in [6, 6.07) is 0. The maximum atomic E-state index is 11.6. The van der Waals surface area contributed by atoms with Crippen molar-refractivity contribution in [1.29, 1.82) is 0 Å². The molecule has 0 aromatic rings. The predicted molar refractivity (Wildman–Crippen MR) is 70.3 cm³/mol. The molecule has 0 aromatic carbocycles. The third-order valence-corrected chi connectivity index (χ3v) is 2.91. The first-order valence-electron chi connectivity index (χ1n) is 5.42. The number of hydrogen-bond donors (Lipinski definition) is 1. The van der Waals surface area contributed by atoms with E-state index in [-0.39, 0.29) is 26.2 Å². The van der Waals surface area contributed by atoms with Gasteiger partial charge in [0.1, 0.15) is 18.5 Å². The van der Waals surface area contributed by atoms with Crippen molar-refractivity contribution in [2.24, 2.45) is 0 Å². The molecule has 0 aliphatic heterocycles. The van der Waals surface area contributed by atoms with Crippen LogP contribution in [0.4, 0.5) is 0 Å². The molecular formula is C12H18O5S. The molecule has 0 aliphatic carbocycles. The molecule has 0 aliphatic rings. The zero-order valence-electron chi connectivity index (χ0n) is 10.2. The van der Waals surface area contributed by atoms with E-state index in [0.717, 1.165) is 11.8 Å². The second-order valence-corrected chi connectivity index (χ2v) is 4.49. The van der Waals surface area contributed by atoms with Crippen LogP contribution in [-0.2, 0) is 19.1 Å². The van der Waals surface area contributed by atoms with Crippen molar-refractivity contribution in [3.05, 3.63) is 25.3 Å². The van der Waals surface area contributed by atoms with Gasteiger partial charge in [-0.25, -0.2) is 0 Å². The van der Waals surface area contributed by atoms with Crippen molar-refractivity contribution >= 4 is 23.7 Å². The van der Waals surface area contributed by atoms with Crippen molar-refractivity contribution in [3.8, 4) is 0 Å². The topological polar surface area (TPSA) is 72.8 Å². The van der Waals surface area contributed by atoms with Gasteiger partial charge in [-0.3, -0.25) is 9.59 Å². The number of ether oxygens (including phenoxy) is 2. The molecule has 0 radical (unpaired) electrons. The second-order valence-electron chi connectivity index (χ2n) is 3.18.